The maximum absolute atomic E-state index is 13.5. The van der Waals surface area contributed by atoms with Gasteiger partial charge in [0, 0.05) is 24.0 Å². The largest absolute Gasteiger partial charge is 0.433 e. The van der Waals surface area contributed by atoms with Crippen LogP contribution in [0.5, 0.6) is 0 Å². The summed E-state index contributed by atoms with van der Waals surface area (Å²) in [5.74, 6) is -0.0533. The molecule has 4 heterocycles. The highest BCUT2D eigenvalue weighted by atomic mass is 19.4. The number of aromatic nitrogens is 5. The third-order valence-electron chi connectivity index (χ3n) is 5.45. The molecule has 0 spiro atoms. The monoisotopic (exact) mass is 420 g/mol. The summed E-state index contributed by atoms with van der Waals surface area (Å²) in [4.78, 5) is 18.9. The van der Waals surface area contributed by atoms with Crippen molar-refractivity contribution in [1.82, 2.24) is 29.7 Å². The molecule has 10 heteroatoms. The van der Waals surface area contributed by atoms with Crippen molar-refractivity contribution in [2.45, 2.75) is 58.2 Å². The van der Waals surface area contributed by atoms with Crippen molar-refractivity contribution in [2.75, 3.05) is 6.54 Å². The number of hydrogen-bond acceptors (Lipinski definition) is 4. The summed E-state index contributed by atoms with van der Waals surface area (Å²) in [6, 6.07) is 3.89. The number of carbonyl (C=O) groups excluding carboxylic acids is 1. The molecule has 0 aliphatic carbocycles. The minimum Gasteiger partial charge on any atom is -0.329 e. The number of nitrogens with zero attached hydrogens (tertiary/aromatic N) is 5. The quantitative estimate of drug-likeness (QED) is 0.688. The molecule has 1 N–H and O–H groups in total. The molecule has 7 nitrogen and oxygen atoms in total. The summed E-state index contributed by atoms with van der Waals surface area (Å²) in [6.45, 7) is 6.24. The van der Waals surface area contributed by atoms with Gasteiger partial charge in [0.15, 0.2) is 5.65 Å². The first-order valence-corrected chi connectivity index (χ1v) is 10.0. The third-order valence-corrected chi connectivity index (χ3v) is 5.45. The Bertz CT molecular complexity index is 1080. The smallest absolute Gasteiger partial charge is 0.329 e. The van der Waals surface area contributed by atoms with Crippen molar-refractivity contribution in [3.63, 3.8) is 0 Å². The molecule has 1 unspecified atom stereocenters. The predicted octanol–water partition coefficient (Wildman–Crippen LogP) is 4.13. The maximum Gasteiger partial charge on any atom is 0.433 e. The topological polar surface area (TPSA) is 79.2 Å². The van der Waals surface area contributed by atoms with Crippen LogP contribution in [0.2, 0.25) is 0 Å². The number of alkyl halides is 3. The summed E-state index contributed by atoms with van der Waals surface area (Å²) in [5, 5.41) is 11.2. The van der Waals surface area contributed by atoms with E-state index in [-0.39, 0.29) is 17.5 Å². The summed E-state index contributed by atoms with van der Waals surface area (Å²) < 4.78 is 41.5. The number of aromatic amines is 1. The van der Waals surface area contributed by atoms with Crippen LogP contribution in [0.25, 0.3) is 5.65 Å². The van der Waals surface area contributed by atoms with Crippen molar-refractivity contribution in [2.24, 2.45) is 0 Å². The SMILES string of the molecule is CCc1cc(C(F)(F)F)n2nc(C3CCCN3C(=O)c3cc(C(C)C)[nH]n3)cc2n1. The molecule has 1 atom stereocenters. The molecule has 1 saturated heterocycles. The van der Waals surface area contributed by atoms with Crippen LogP contribution in [0.3, 0.4) is 0 Å². The van der Waals surface area contributed by atoms with Crippen LogP contribution in [0.4, 0.5) is 13.2 Å². The Labute approximate surface area is 171 Å². The molecule has 4 rings (SSSR count). The van der Waals surface area contributed by atoms with Crippen molar-refractivity contribution in [3.05, 3.63) is 46.7 Å². The number of fused-ring (bicyclic) bond motifs is 1. The fourth-order valence-electron chi connectivity index (χ4n) is 3.80. The molecule has 160 valence electrons. The first-order chi connectivity index (χ1) is 14.2. The maximum atomic E-state index is 13.5. The van der Waals surface area contributed by atoms with E-state index in [1.165, 1.54) is 0 Å². The zero-order chi connectivity index (χ0) is 21.6. The summed E-state index contributed by atoms with van der Waals surface area (Å²) in [5.41, 5.74) is 1.19. The average molecular weight is 420 g/mol. The van der Waals surface area contributed by atoms with Crippen LogP contribution in [0, 0.1) is 0 Å². The predicted molar refractivity (Wildman–Crippen MR) is 103 cm³/mol. The lowest BCUT2D eigenvalue weighted by atomic mass is 10.1. The molecule has 1 amide bonds. The van der Waals surface area contributed by atoms with Crippen LogP contribution in [-0.4, -0.2) is 42.1 Å². The standard InChI is InChI=1S/C20H23F3N6O/c1-4-12-8-17(20(21,22)23)29-18(24-12)10-14(27-29)16-6-5-7-28(16)19(30)15-9-13(11(2)3)25-26-15/h8-11,16H,4-7H2,1-3H3,(H,25,26). The van der Waals surface area contributed by atoms with Gasteiger partial charge < -0.3 is 4.90 Å². The Balaban J connectivity index is 1.71. The number of rotatable bonds is 4. The average Bonchev–Trinajstić information content (AvgIpc) is 3.43. The van der Waals surface area contributed by atoms with Gasteiger partial charge in [0.1, 0.15) is 11.4 Å². The van der Waals surface area contributed by atoms with Crippen LogP contribution in [0.1, 0.15) is 78.8 Å². The first kappa shape index (κ1) is 20.4. The van der Waals surface area contributed by atoms with Crippen molar-refractivity contribution in [3.8, 4) is 0 Å². The minimum atomic E-state index is -4.55. The van der Waals surface area contributed by atoms with E-state index >= 15 is 0 Å². The van der Waals surface area contributed by atoms with E-state index in [0.29, 0.717) is 36.5 Å². The zero-order valence-electron chi connectivity index (χ0n) is 17.0. The van der Waals surface area contributed by atoms with Gasteiger partial charge in [-0.25, -0.2) is 9.50 Å². The summed E-state index contributed by atoms with van der Waals surface area (Å²) in [7, 11) is 0. The molecule has 1 fully saturated rings. The van der Waals surface area contributed by atoms with E-state index in [4.69, 9.17) is 0 Å². The van der Waals surface area contributed by atoms with E-state index in [9.17, 15) is 18.0 Å². The summed E-state index contributed by atoms with van der Waals surface area (Å²) in [6.07, 6.45) is -2.81. The van der Waals surface area contributed by atoms with Gasteiger partial charge in [0.25, 0.3) is 5.91 Å². The van der Waals surface area contributed by atoms with E-state index in [1.807, 2.05) is 13.8 Å². The van der Waals surface area contributed by atoms with Gasteiger partial charge in [-0.1, -0.05) is 20.8 Å². The molecule has 3 aromatic rings. The molecular formula is C20H23F3N6O. The van der Waals surface area contributed by atoms with Gasteiger partial charge in [-0.15, -0.1) is 0 Å². The molecule has 0 bridgehead atoms. The second-order valence-corrected chi connectivity index (χ2v) is 7.84. The molecule has 3 aromatic heterocycles. The van der Waals surface area contributed by atoms with Crippen molar-refractivity contribution in [1.29, 1.82) is 0 Å². The number of aryl methyl sites for hydroxylation is 1. The Hall–Kier alpha value is -2.91. The normalized spacial score (nSPS) is 17.4. The molecule has 1 aliphatic rings. The van der Waals surface area contributed by atoms with Gasteiger partial charge in [-0.2, -0.15) is 23.4 Å². The number of halogens is 3. The second kappa shape index (κ2) is 7.41. The van der Waals surface area contributed by atoms with Gasteiger partial charge in [0.2, 0.25) is 0 Å². The lowest BCUT2D eigenvalue weighted by Gasteiger charge is -2.22. The summed E-state index contributed by atoms with van der Waals surface area (Å²) >= 11 is 0. The van der Waals surface area contributed by atoms with Crippen LogP contribution >= 0.6 is 0 Å². The number of H-pyrrole nitrogens is 1. The van der Waals surface area contributed by atoms with Crippen molar-refractivity contribution >= 4 is 11.6 Å². The Morgan fingerprint density at radius 2 is 2.07 bits per heavy atom. The second-order valence-electron chi connectivity index (χ2n) is 7.84. The Morgan fingerprint density at radius 3 is 2.70 bits per heavy atom. The first-order valence-electron chi connectivity index (χ1n) is 10.0. The highest BCUT2D eigenvalue weighted by Crippen LogP contribution is 2.35. The van der Waals surface area contributed by atoms with E-state index in [0.717, 1.165) is 22.7 Å². The van der Waals surface area contributed by atoms with Crippen molar-refractivity contribution < 1.29 is 18.0 Å². The highest BCUT2D eigenvalue weighted by molar-refractivity contribution is 5.93. The lowest BCUT2D eigenvalue weighted by Crippen LogP contribution is -2.31. The third kappa shape index (κ3) is 3.54. The Morgan fingerprint density at radius 1 is 1.30 bits per heavy atom. The van der Waals surface area contributed by atoms with E-state index in [2.05, 4.69) is 20.3 Å². The van der Waals surface area contributed by atoms with Crippen LogP contribution < -0.4 is 0 Å². The fraction of sp³-hybridized carbons (Fsp3) is 0.500. The van der Waals surface area contributed by atoms with Gasteiger partial charge in [-0.3, -0.25) is 9.89 Å². The van der Waals surface area contributed by atoms with Crippen LogP contribution in [-0.2, 0) is 12.6 Å². The van der Waals surface area contributed by atoms with Gasteiger partial charge >= 0.3 is 6.18 Å². The van der Waals surface area contributed by atoms with Crippen LogP contribution in [0.15, 0.2) is 18.2 Å². The van der Waals surface area contributed by atoms with E-state index < -0.39 is 17.9 Å². The number of amides is 1. The molecule has 0 aromatic carbocycles. The highest BCUT2D eigenvalue weighted by Gasteiger charge is 2.37. The van der Waals surface area contributed by atoms with E-state index in [1.54, 1.807) is 24.0 Å². The number of carbonyl (C=O) groups is 1. The van der Waals surface area contributed by atoms with Gasteiger partial charge in [-0.05, 0) is 37.3 Å². The zero-order valence-corrected chi connectivity index (χ0v) is 17.0. The van der Waals surface area contributed by atoms with Gasteiger partial charge in [0.05, 0.1) is 11.7 Å². The molecule has 0 radical (unpaired) electrons. The fourth-order valence-corrected chi connectivity index (χ4v) is 3.80. The number of nitrogens with one attached hydrogen (secondary N) is 1. The number of hydrogen-bond donors (Lipinski definition) is 1. The molecule has 1 aliphatic heterocycles. The molecule has 30 heavy (non-hydrogen) atoms. The molecule has 0 saturated carbocycles. The Kier molecular flexibility index (Phi) is 5.03. The lowest BCUT2D eigenvalue weighted by molar-refractivity contribution is -0.142. The number of likely N-dealkylation sites (tertiary alicyclic amines) is 1. The molecular weight excluding hydrogens is 397 g/mol. The minimum absolute atomic E-state index is 0.137.